The second-order valence-corrected chi connectivity index (χ2v) is 5.04. The van der Waals surface area contributed by atoms with E-state index in [9.17, 15) is 0 Å². The van der Waals surface area contributed by atoms with Crippen LogP contribution in [0.5, 0.6) is 0 Å². The SMILES string of the molecule is CC(C)CNCC1(C)CCCC1. The van der Waals surface area contributed by atoms with Gasteiger partial charge in [0.25, 0.3) is 0 Å². The van der Waals surface area contributed by atoms with Gasteiger partial charge in [-0.25, -0.2) is 0 Å². The standard InChI is InChI=1S/C11H23N/c1-10(2)8-12-9-11(3)6-4-5-7-11/h10,12H,4-9H2,1-3H3. The molecule has 12 heavy (non-hydrogen) atoms. The van der Waals surface area contributed by atoms with Crippen LogP contribution in [0.25, 0.3) is 0 Å². The van der Waals surface area contributed by atoms with E-state index in [2.05, 4.69) is 26.1 Å². The largest absolute Gasteiger partial charge is 0.316 e. The lowest BCUT2D eigenvalue weighted by Gasteiger charge is -2.24. The van der Waals surface area contributed by atoms with Gasteiger partial charge in [-0.1, -0.05) is 33.6 Å². The first-order valence-electron chi connectivity index (χ1n) is 5.33. The monoisotopic (exact) mass is 169 g/mol. The Labute approximate surface area is 76.9 Å². The van der Waals surface area contributed by atoms with Crippen LogP contribution in [-0.2, 0) is 0 Å². The second kappa shape index (κ2) is 4.27. The Hall–Kier alpha value is -0.0400. The lowest BCUT2D eigenvalue weighted by atomic mass is 9.89. The van der Waals surface area contributed by atoms with Crippen molar-refractivity contribution in [2.75, 3.05) is 13.1 Å². The molecule has 0 atom stereocenters. The van der Waals surface area contributed by atoms with E-state index >= 15 is 0 Å². The molecule has 1 rings (SSSR count). The highest BCUT2D eigenvalue weighted by Gasteiger charge is 2.27. The third kappa shape index (κ3) is 3.14. The van der Waals surface area contributed by atoms with Gasteiger partial charge in [-0.2, -0.15) is 0 Å². The van der Waals surface area contributed by atoms with E-state index in [1.807, 2.05) is 0 Å². The molecule has 1 aliphatic carbocycles. The minimum absolute atomic E-state index is 0.620. The van der Waals surface area contributed by atoms with Crippen molar-refractivity contribution in [3.63, 3.8) is 0 Å². The minimum Gasteiger partial charge on any atom is -0.316 e. The highest BCUT2D eigenvalue weighted by Crippen LogP contribution is 2.36. The van der Waals surface area contributed by atoms with Gasteiger partial charge in [-0.15, -0.1) is 0 Å². The fourth-order valence-corrected chi connectivity index (χ4v) is 2.07. The molecule has 0 unspecified atom stereocenters. The predicted molar refractivity (Wildman–Crippen MR) is 54.3 cm³/mol. The number of rotatable bonds is 4. The summed E-state index contributed by atoms with van der Waals surface area (Å²) in [4.78, 5) is 0. The minimum atomic E-state index is 0.620. The van der Waals surface area contributed by atoms with E-state index in [0.29, 0.717) is 5.41 Å². The average molecular weight is 169 g/mol. The van der Waals surface area contributed by atoms with Crippen LogP contribution < -0.4 is 5.32 Å². The van der Waals surface area contributed by atoms with Crippen molar-refractivity contribution in [2.45, 2.75) is 46.5 Å². The van der Waals surface area contributed by atoms with Gasteiger partial charge in [0.1, 0.15) is 0 Å². The molecule has 0 aromatic rings. The molecule has 1 aliphatic rings. The van der Waals surface area contributed by atoms with Crippen LogP contribution in [0.1, 0.15) is 46.5 Å². The van der Waals surface area contributed by atoms with Crippen LogP contribution in [-0.4, -0.2) is 13.1 Å². The summed E-state index contributed by atoms with van der Waals surface area (Å²) in [5.74, 6) is 0.787. The Morgan fingerprint density at radius 1 is 1.25 bits per heavy atom. The van der Waals surface area contributed by atoms with Crippen molar-refractivity contribution in [3.8, 4) is 0 Å². The first-order chi connectivity index (χ1) is 5.62. The maximum absolute atomic E-state index is 3.57. The molecule has 0 aromatic carbocycles. The zero-order valence-electron chi connectivity index (χ0n) is 8.82. The lowest BCUT2D eigenvalue weighted by molar-refractivity contribution is 0.309. The molecule has 0 radical (unpaired) electrons. The molecule has 1 heteroatoms. The van der Waals surface area contributed by atoms with Gasteiger partial charge in [-0.3, -0.25) is 0 Å². The van der Waals surface area contributed by atoms with E-state index in [1.54, 1.807) is 0 Å². The Kier molecular flexibility index (Phi) is 3.57. The second-order valence-electron chi connectivity index (χ2n) is 5.04. The molecule has 0 heterocycles. The Morgan fingerprint density at radius 2 is 1.83 bits per heavy atom. The average Bonchev–Trinajstić information content (AvgIpc) is 2.35. The fourth-order valence-electron chi connectivity index (χ4n) is 2.07. The lowest BCUT2D eigenvalue weighted by Crippen LogP contribution is -2.31. The molecule has 72 valence electrons. The van der Waals surface area contributed by atoms with Crippen LogP contribution in [0.4, 0.5) is 0 Å². The summed E-state index contributed by atoms with van der Waals surface area (Å²) in [7, 11) is 0. The van der Waals surface area contributed by atoms with Gasteiger partial charge in [0.2, 0.25) is 0 Å². The van der Waals surface area contributed by atoms with E-state index in [4.69, 9.17) is 0 Å². The van der Waals surface area contributed by atoms with Crippen LogP contribution in [0, 0.1) is 11.3 Å². The zero-order chi connectivity index (χ0) is 9.03. The van der Waals surface area contributed by atoms with Gasteiger partial charge in [-0.05, 0) is 30.7 Å². The smallest absolute Gasteiger partial charge is 0.000527 e. The summed E-state index contributed by atoms with van der Waals surface area (Å²) in [5, 5.41) is 3.57. The third-order valence-electron chi connectivity index (χ3n) is 2.92. The topological polar surface area (TPSA) is 12.0 Å². The predicted octanol–water partition coefficient (Wildman–Crippen LogP) is 2.81. The molecule has 1 saturated carbocycles. The molecule has 1 nitrogen and oxygen atoms in total. The quantitative estimate of drug-likeness (QED) is 0.682. The van der Waals surface area contributed by atoms with Gasteiger partial charge in [0, 0.05) is 6.54 Å². The van der Waals surface area contributed by atoms with Crippen LogP contribution >= 0.6 is 0 Å². The van der Waals surface area contributed by atoms with Crippen LogP contribution in [0.3, 0.4) is 0 Å². The molecule has 1 fully saturated rings. The first kappa shape index (κ1) is 10.0. The maximum Gasteiger partial charge on any atom is 0.000527 e. The van der Waals surface area contributed by atoms with E-state index in [0.717, 1.165) is 5.92 Å². The summed E-state index contributed by atoms with van der Waals surface area (Å²) < 4.78 is 0. The Morgan fingerprint density at radius 3 is 2.33 bits per heavy atom. The van der Waals surface area contributed by atoms with Crippen molar-refractivity contribution in [1.82, 2.24) is 5.32 Å². The Balaban J connectivity index is 2.13. The number of nitrogens with one attached hydrogen (secondary N) is 1. The summed E-state index contributed by atoms with van der Waals surface area (Å²) in [6, 6.07) is 0. The maximum atomic E-state index is 3.57. The van der Waals surface area contributed by atoms with Gasteiger partial charge >= 0.3 is 0 Å². The fraction of sp³-hybridized carbons (Fsp3) is 1.00. The van der Waals surface area contributed by atoms with Crippen LogP contribution in [0.15, 0.2) is 0 Å². The molecule has 0 aromatic heterocycles. The molecule has 0 amide bonds. The van der Waals surface area contributed by atoms with Crippen molar-refractivity contribution in [1.29, 1.82) is 0 Å². The summed E-state index contributed by atoms with van der Waals surface area (Å²) >= 11 is 0. The summed E-state index contributed by atoms with van der Waals surface area (Å²) in [5.41, 5.74) is 0.620. The van der Waals surface area contributed by atoms with Crippen molar-refractivity contribution < 1.29 is 0 Å². The van der Waals surface area contributed by atoms with Crippen molar-refractivity contribution >= 4 is 0 Å². The van der Waals surface area contributed by atoms with Crippen LogP contribution in [0.2, 0.25) is 0 Å². The van der Waals surface area contributed by atoms with E-state index in [-0.39, 0.29) is 0 Å². The van der Waals surface area contributed by atoms with Gasteiger partial charge in [0.05, 0.1) is 0 Å². The summed E-state index contributed by atoms with van der Waals surface area (Å²) in [6.07, 6.45) is 5.75. The van der Waals surface area contributed by atoms with E-state index in [1.165, 1.54) is 38.8 Å². The molecular weight excluding hydrogens is 146 g/mol. The van der Waals surface area contributed by atoms with E-state index < -0.39 is 0 Å². The molecule has 0 spiro atoms. The molecular formula is C11H23N. The van der Waals surface area contributed by atoms with Gasteiger partial charge < -0.3 is 5.32 Å². The molecule has 0 aliphatic heterocycles. The zero-order valence-corrected chi connectivity index (χ0v) is 8.82. The normalized spacial score (nSPS) is 22.0. The number of hydrogen-bond donors (Lipinski definition) is 1. The highest BCUT2D eigenvalue weighted by molar-refractivity contribution is 4.82. The summed E-state index contributed by atoms with van der Waals surface area (Å²) in [6.45, 7) is 9.36. The van der Waals surface area contributed by atoms with Crippen molar-refractivity contribution in [3.05, 3.63) is 0 Å². The molecule has 0 saturated heterocycles. The number of hydrogen-bond acceptors (Lipinski definition) is 1. The van der Waals surface area contributed by atoms with Gasteiger partial charge in [0.15, 0.2) is 0 Å². The Bertz CT molecular complexity index is 123. The third-order valence-corrected chi connectivity index (χ3v) is 2.92. The van der Waals surface area contributed by atoms with Crippen molar-refractivity contribution in [2.24, 2.45) is 11.3 Å². The first-order valence-corrected chi connectivity index (χ1v) is 5.33. The highest BCUT2D eigenvalue weighted by atomic mass is 14.9. The molecule has 0 bridgehead atoms. The molecule has 1 N–H and O–H groups in total.